The molecule has 108 valence electrons. The molecule has 2 saturated heterocycles. The van der Waals surface area contributed by atoms with Gasteiger partial charge in [-0.25, -0.2) is 0 Å². The SMILES string of the molecule is CCCC(=O)N1CC2(C1)SCCN2Cc1ccccc1. The van der Waals surface area contributed by atoms with Crippen LogP contribution < -0.4 is 0 Å². The van der Waals surface area contributed by atoms with Crippen LogP contribution in [-0.4, -0.2) is 46.0 Å². The molecule has 2 aliphatic heterocycles. The maximum absolute atomic E-state index is 11.9. The smallest absolute Gasteiger partial charge is 0.222 e. The molecule has 0 radical (unpaired) electrons. The molecule has 0 bridgehead atoms. The van der Waals surface area contributed by atoms with E-state index in [1.165, 1.54) is 11.3 Å². The first kappa shape index (κ1) is 14.0. The minimum atomic E-state index is 0.194. The number of amides is 1. The Morgan fingerprint density at radius 3 is 2.75 bits per heavy atom. The Balaban J connectivity index is 1.61. The molecule has 2 fully saturated rings. The first-order chi connectivity index (χ1) is 9.73. The van der Waals surface area contributed by atoms with E-state index >= 15 is 0 Å². The molecule has 0 N–H and O–H groups in total. The topological polar surface area (TPSA) is 23.6 Å². The Hall–Kier alpha value is -1.00. The highest BCUT2D eigenvalue weighted by Gasteiger charge is 2.52. The molecule has 1 aromatic carbocycles. The fraction of sp³-hybridized carbons (Fsp3) is 0.562. The second kappa shape index (κ2) is 5.78. The van der Waals surface area contributed by atoms with Gasteiger partial charge in [0.05, 0.1) is 13.1 Å². The molecule has 1 spiro atoms. The van der Waals surface area contributed by atoms with Gasteiger partial charge in [0.25, 0.3) is 0 Å². The number of carbonyl (C=O) groups is 1. The quantitative estimate of drug-likeness (QED) is 0.851. The van der Waals surface area contributed by atoms with Crippen molar-refractivity contribution in [1.29, 1.82) is 0 Å². The van der Waals surface area contributed by atoms with Crippen LogP contribution in [0.2, 0.25) is 0 Å². The number of carbonyl (C=O) groups excluding carboxylic acids is 1. The van der Waals surface area contributed by atoms with E-state index in [2.05, 4.69) is 42.2 Å². The van der Waals surface area contributed by atoms with Gasteiger partial charge in [-0.05, 0) is 12.0 Å². The van der Waals surface area contributed by atoms with Crippen LogP contribution in [0, 0.1) is 0 Å². The first-order valence-electron chi connectivity index (χ1n) is 7.44. The molecule has 0 saturated carbocycles. The average molecular weight is 290 g/mol. The van der Waals surface area contributed by atoms with Crippen molar-refractivity contribution in [3.05, 3.63) is 35.9 Å². The van der Waals surface area contributed by atoms with Gasteiger partial charge in [-0.2, -0.15) is 0 Å². The van der Waals surface area contributed by atoms with Crippen molar-refractivity contribution in [3.8, 4) is 0 Å². The molecule has 2 aliphatic rings. The van der Waals surface area contributed by atoms with E-state index in [1.54, 1.807) is 0 Å². The monoisotopic (exact) mass is 290 g/mol. The van der Waals surface area contributed by atoms with Crippen LogP contribution in [0.3, 0.4) is 0 Å². The lowest BCUT2D eigenvalue weighted by atomic mass is 10.0. The summed E-state index contributed by atoms with van der Waals surface area (Å²) in [5.74, 6) is 1.51. The molecule has 1 amide bonds. The zero-order chi connectivity index (χ0) is 14.0. The Bertz CT molecular complexity index is 471. The van der Waals surface area contributed by atoms with E-state index in [1.807, 2.05) is 16.7 Å². The van der Waals surface area contributed by atoms with Gasteiger partial charge in [0.1, 0.15) is 4.87 Å². The number of hydrogen-bond donors (Lipinski definition) is 0. The van der Waals surface area contributed by atoms with Gasteiger partial charge in [-0.1, -0.05) is 37.3 Å². The predicted molar refractivity (Wildman–Crippen MR) is 83.5 cm³/mol. The average Bonchev–Trinajstić information content (AvgIpc) is 2.82. The molecule has 1 aromatic rings. The molecule has 4 heteroatoms. The highest BCUT2D eigenvalue weighted by Crippen LogP contribution is 2.44. The van der Waals surface area contributed by atoms with Crippen molar-refractivity contribution in [2.24, 2.45) is 0 Å². The third-order valence-electron chi connectivity index (χ3n) is 4.22. The van der Waals surface area contributed by atoms with E-state index in [0.717, 1.165) is 32.6 Å². The standard InChI is InChI=1S/C16H22N2OS/c1-2-6-15(19)17-12-16(13-17)18(9-10-20-16)11-14-7-4-3-5-8-14/h3-5,7-8H,2,6,9-13H2,1H3. The molecule has 2 heterocycles. The third kappa shape index (κ3) is 2.59. The number of thioether (sulfide) groups is 1. The second-order valence-electron chi connectivity index (χ2n) is 5.70. The normalized spacial score (nSPS) is 21.1. The number of hydrogen-bond acceptors (Lipinski definition) is 3. The lowest BCUT2D eigenvalue weighted by Crippen LogP contribution is -2.67. The molecule has 0 aromatic heterocycles. The van der Waals surface area contributed by atoms with E-state index in [4.69, 9.17) is 0 Å². The minimum absolute atomic E-state index is 0.194. The Morgan fingerprint density at radius 2 is 2.05 bits per heavy atom. The van der Waals surface area contributed by atoms with Crippen molar-refractivity contribution >= 4 is 17.7 Å². The largest absolute Gasteiger partial charge is 0.337 e. The van der Waals surface area contributed by atoms with Gasteiger partial charge >= 0.3 is 0 Å². The van der Waals surface area contributed by atoms with Crippen LogP contribution in [0.1, 0.15) is 25.3 Å². The van der Waals surface area contributed by atoms with Crippen LogP contribution in [0.25, 0.3) is 0 Å². The van der Waals surface area contributed by atoms with Gasteiger partial charge in [-0.3, -0.25) is 9.69 Å². The Morgan fingerprint density at radius 1 is 1.30 bits per heavy atom. The maximum atomic E-state index is 11.9. The van der Waals surface area contributed by atoms with Gasteiger partial charge in [0.2, 0.25) is 5.91 Å². The van der Waals surface area contributed by atoms with Gasteiger partial charge < -0.3 is 4.90 Å². The summed E-state index contributed by atoms with van der Waals surface area (Å²) in [7, 11) is 0. The van der Waals surface area contributed by atoms with Crippen molar-refractivity contribution in [2.45, 2.75) is 31.2 Å². The third-order valence-corrected chi connectivity index (χ3v) is 5.66. The maximum Gasteiger partial charge on any atom is 0.222 e. The van der Waals surface area contributed by atoms with Gasteiger partial charge in [-0.15, -0.1) is 11.8 Å². The van der Waals surface area contributed by atoms with E-state index in [0.29, 0.717) is 12.3 Å². The summed E-state index contributed by atoms with van der Waals surface area (Å²) in [6, 6.07) is 10.6. The van der Waals surface area contributed by atoms with Crippen LogP contribution in [0.5, 0.6) is 0 Å². The lowest BCUT2D eigenvalue weighted by Gasteiger charge is -2.52. The number of nitrogens with zero attached hydrogens (tertiary/aromatic N) is 2. The zero-order valence-corrected chi connectivity index (χ0v) is 12.9. The molecular formula is C16H22N2OS. The van der Waals surface area contributed by atoms with Crippen molar-refractivity contribution in [3.63, 3.8) is 0 Å². The molecule has 3 nitrogen and oxygen atoms in total. The highest BCUT2D eigenvalue weighted by molar-refractivity contribution is 8.01. The number of likely N-dealkylation sites (tertiary alicyclic amines) is 1. The Labute approximate surface area is 125 Å². The van der Waals surface area contributed by atoms with E-state index in [9.17, 15) is 4.79 Å². The fourth-order valence-corrected chi connectivity index (χ4v) is 4.58. The first-order valence-corrected chi connectivity index (χ1v) is 8.43. The van der Waals surface area contributed by atoms with Crippen LogP contribution >= 0.6 is 11.8 Å². The van der Waals surface area contributed by atoms with Gasteiger partial charge in [0.15, 0.2) is 0 Å². The van der Waals surface area contributed by atoms with Crippen molar-refractivity contribution < 1.29 is 4.79 Å². The van der Waals surface area contributed by atoms with Crippen molar-refractivity contribution in [2.75, 3.05) is 25.4 Å². The summed E-state index contributed by atoms with van der Waals surface area (Å²) < 4.78 is 0. The van der Waals surface area contributed by atoms with Gasteiger partial charge in [0, 0.05) is 25.3 Å². The summed E-state index contributed by atoms with van der Waals surface area (Å²) in [5, 5.41) is 0. The molecule has 3 rings (SSSR count). The summed E-state index contributed by atoms with van der Waals surface area (Å²) >= 11 is 2.03. The second-order valence-corrected chi connectivity index (χ2v) is 7.16. The molecule has 0 unspecified atom stereocenters. The highest BCUT2D eigenvalue weighted by atomic mass is 32.2. The van der Waals surface area contributed by atoms with E-state index in [-0.39, 0.29) is 4.87 Å². The summed E-state index contributed by atoms with van der Waals surface area (Å²) in [5.41, 5.74) is 1.37. The van der Waals surface area contributed by atoms with E-state index < -0.39 is 0 Å². The lowest BCUT2D eigenvalue weighted by molar-refractivity contribution is -0.140. The predicted octanol–water partition coefficient (Wildman–Crippen LogP) is 2.57. The van der Waals surface area contributed by atoms with Crippen LogP contribution in [-0.2, 0) is 11.3 Å². The minimum Gasteiger partial charge on any atom is -0.337 e. The van der Waals surface area contributed by atoms with Crippen LogP contribution in [0.4, 0.5) is 0 Å². The molecule has 0 atom stereocenters. The number of benzene rings is 1. The Kier molecular flexibility index (Phi) is 4.03. The zero-order valence-electron chi connectivity index (χ0n) is 12.0. The van der Waals surface area contributed by atoms with Crippen LogP contribution in [0.15, 0.2) is 30.3 Å². The summed E-state index contributed by atoms with van der Waals surface area (Å²) in [4.78, 5) is 16.7. The number of rotatable bonds is 4. The summed E-state index contributed by atoms with van der Waals surface area (Å²) in [6.07, 6.45) is 1.64. The van der Waals surface area contributed by atoms with Crippen molar-refractivity contribution in [1.82, 2.24) is 9.80 Å². The fourth-order valence-electron chi connectivity index (χ4n) is 3.06. The summed E-state index contributed by atoms with van der Waals surface area (Å²) in [6.45, 7) is 6.02. The molecule has 20 heavy (non-hydrogen) atoms. The molecular weight excluding hydrogens is 268 g/mol. The molecule has 0 aliphatic carbocycles.